The minimum Gasteiger partial charge on any atom is -0.463 e. The van der Waals surface area contributed by atoms with Gasteiger partial charge in [-0.25, -0.2) is 0 Å². The summed E-state index contributed by atoms with van der Waals surface area (Å²) in [6.07, 6.45) is -5.06. The van der Waals surface area contributed by atoms with Crippen molar-refractivity contribution >= 4 is 23.8 Å². The zero-order chi connectivity index (χ0) is 18.4. The van der Waals surface area contributed by atoms with Crippen molar-refractivity contribution in [2.75, 3.05) is 6.61 Å². The van der Waals surface area contributed by atoms with Gasteiger partial charge in [0.15, 0.2) is 18.5 Å². The summed E-state index contributed by atoms with van der Waals surface area (Å²) in [7, 11) is 0. The Morgan fingerprint density at radius 3 is 1.96 bits per heavy atom. The van der Waals surface area contributed by atoms with Crippen LogP contribution in [0.15, 0.2) is 0 Å². The maximum atomic E-state index is 11.4. The van der Waals surface area contributed by atoms with Crippen LogP contribution < -0.4 is 5.32 Å². The summed E-state index contributed by atoms with van der Waals surface area (Å²) in [6.45, 7) is 4.28. The summed E-state index contributed by atoms with van der Waals surface area (Å²) in [5, 5.41) is 12.5. The number of nitrogens with one attached hydrogen (secondary N) is 1. The Morgan fingerprint density at radius 1 is 0.958 bits per heavy atom. The molecule has 0 aromatic heterocycles. The Hall–Kier alpha value is -2.20. The van der Waals surface area contributed by atoms with Crippen LogP contribution in [0, 0.1) is 0 Å². The van der Waals surface area contributed by atoms with Gasteiger partial charge in [0.2, 0.25) is 5.91 Å². The summed E-state index contributed by atoms with van der Waals surface area (Å²) in [5.74, 6) is -2.54. The third-order valence-corrected chi connectivity index (χ3v) is 3.09. The van der Waals surface area contributed by atoms with Crippen molar-refractivity contribution < 1.29 is 43.2 Å². The Kier molecular flexibility index (Phi) is 7.11. The number of carbonyl (C=O) groups is 4. The molecule has 0 bridgehead atoms. The molecule has 136 valence electrons. The van der Waals surface area contributed by atoms with Crippen molar-refractivity contribution in [3.63, 3.8) is 0 Å². The first kappa shape index (κ1) is 19.8. The smallest absolute Gasteiger partial charge is 0.303 e. The molecule has 0 aromatic carbocycles. The van der Waals surface area contributed by atoms with E-state index in [1.54, 1.807) is 0 Å². The van der Waals surface area contributed by atoms with Crippen molar-refractivity contribution in [1.29, 1.82) is 0 Å². The van der Waals surface area contributed by atoms with Gasteiger partial charge in [0.25, 0.3) is 0 Å². The Balaban J connectivity index is 3.11. The zero-order valence-corrected chi connectivity index (χ0v) is 13.8. The Bertz CT molecular complexity index is 506. The molecule has 0 saturated carbocycles. The molecule has 5 atom stereocenters. The predicted molar refractivity (Wildman–Crippen MR) is 76.2 cm³/mol. The number of rotatable bonds is 5. The highest BCUT2D eigenvalue weighted by atomic mass is 16.7. The number of aliphatic hydroxyl groups is 1. The van der Waals surface area contributed by atoms with E-state index in [2.05, 4.69) is 5.32 Å². The molecule has 2 N–H and O–H groups in total. The molecule has 10 nitrogen and oxygen atoms in total. The fraction of sp³-hybridized carbons (Fsp3) is 0.714. The molecule has 3 unspecified atom stereocenters. The van der Waals surface area contributed by atoms with Gasteiger partial charge in [-0.3, -0.25) is 19.2 Å². The van der Waals surface area contributed by atoms with E-state index >= 15 is 0 Å². The van der Waals surface area contributed by atoms with Gasteiger partial charge in [0.1, 0.15) is 18.8 Å². The van der Waals surface area contributed by atoms with E-state index in [0.29, 0.717) is 0 Å². The molecule has 0 aliphatic carbocycles. The van der Waals surface area contributed by atoms with E-state index < -0.39 is 54.5 Å². The molecule has 1 heterocycles. The van der Waals surface area contributed by atoms with E-state index in [1.807, 2.05) is 0 Å². The van der Waals surface area contributed by atoms with Gasteiger partial charge in [0, 0.05) is 27.7 Å². The lowest BCUT2D eigenvalue weighted by Gasteiger charge is -2.43. The second-order valence-electron chi connectivity index (χ2n) is 5.24. The maximum absolute atomic E-state index is 11.4. The van der Waals surface area contributed by atoms with Gasteiger partial charge in [0.05, 0.1) is 0 Å². The van der Waals surface area contributed by atoms with Crippen molar-refractivity contribution in [3.8, 4) is 0 Å². The number of hydrogen-bond donors (Lipinski definition) is 2. The molecule has 1 fully saturated rings. The van der Waals surface area contributed by atoms with Crippen LogP contribution in [-0.4, -0.2) is 66.2 Å². The van der Waals surface area contributed by atoms with Crippen molar-refractivity contribution in [2.45, 2.75) is 58.3 Å². The predicted octanol–water partition coefficient (Wildman–Crippen LogP) is -1.37. The molecule has 1 aliphatic heterocycles. The highest BCUT2D eigenvalue weighted by Gasteiger charge is 2.50. The van der Waals surface area contributed by atoms with Crippen LogP contribution in [-0.2, 0) is 38.1 Å². The molecule has 10 heteroatoms. The molecule has 0 aromatic rings. The topological polar surface area (TPSA) is 137 Å². The number of amides is 1. The zero-order valence-electron chi connectivity index (χ0n) is 13.8. The quantitative estimate of drug-likeness (QED) is 0.456. The number of ether oxygens (including phenoxy) is 4. The first-order valence-electron chi connectivity index (χ1n) is 7.20. The molecule has 0 spiro atoms. The number of carbonyl (C=O) groups excluding carboxylic acids is 4. The van der Waals surface area contributed by atoms with Crippen LogP contribution >= 0.6 is 0 Å². The number of hydrogen-bond acceptors (Lipinski definition) is 9. The SMILES string of the molecule is CC(=O)N[C@H]1C(O)O[C@H](COC(C)=O)C(OC(C)=O)C1OC(C)=O. The first-order chi connectivity index (χ1) is 11.1. The Labute approximate surface area is 138 Å². The number of esters is 3. The van der Waals surface area contributed by atoms with Crippen LogP contribution in [0.4, 0.5) is 0 Å². The van der Waals surface area contributed by atoms with Gasteiger partial charge < -0.3 is 29.4 Å². The highest BCUT2D eigenvalue weighted by Crippen LogP contribution is 2.26. The van der Waals surface area contributed by atoms with Gasteiger partial charge in [-0.05, 0) is 0 Å². The molecule has 1 rings (SSSR count). The molecule has 1 saturated heterocycles. The van der Waals surface area contributed by atoms with E-state index in [-0.39, 0.29) is 6.61 Å². The molecule has 1 amide bonds. The van der Waals surface area contributed by atoms with E-state index in [4.69, 9.17) is 18.9 Å². The van der Waals surface area contributed by atoms with Gasteiger partial charge in [-0.1, -0.05) is 0 Å². The third kappa shape index (κ3) is 5.78. The average Bonchev–Trinajstić information content (AvgIpc) is 2.42. The summed E-state index contributed by atoms with van der Waals surface area (Å²) in [4.78, 5) is 45.0. The monoisotopic (exact) mass is 347 g/mol. The van der Waals surface area contributed by atoms with Crippen LogP contribution in [0.2, 0.25) is 0 Å². The summed E-state index contributed by atoms with van der Waals surface area (Å²) in [5.41, 5.74) is 0. The van der Waals surface area contributed by atoms with Crippen LogP contribution in [0.5, 0.6) is 0 Å². The average molecular weight is 347 g/mol. The maximum Gasteiger partial charge on any atom is 0.303 e. The number of aliphatic hydroxyl groups excluding tert-OH is 1. The van der Waals surface area contributed by atoms with Crippen molar-refractivity contribution in [3.05, 3.63) is 0 Å². The summed E-state index contributed by atoms with van der Waals surface area (Å²) < 4.78 is 20.3. The molecule has 0 radical (unpaired) electrons. The highest BCUT2D eigenvalue weighted by molar-refractivity contribution is 5.73. The second-order valence-corrected chi connectivity index (χ2v) is 5.24. The normalized spacial score (nSPS) is 29.3. The van der Waals surface area contributed by atoms with Crippen molar-refractivity contribution in [2.24, 2.45) is 0 Å². The van der Waals surface area contributed by atoms with Crippen LogP contribution in [0.3, 0.4) is 0 Å². The van der Waals surface area contributed by atoms with Gasteiger partial charge in [-0.2, -0.15) is 0 Å². The molecule has 24 heavy (non-hydrogen) atoms. The van der Waals surface area contributed by atoms with E-state index in [9.17, 15) is 24.3 Å². The summed E-state index contributed by atoms with van der Waals surface area (Å²) >= 11 is 0. The Morgan fingerprint density at radius 2 is 1.50 bits per heavy atom. The minimum absolute atomic E-state index is 0.338. The lowest BCUT2D eigenvalue weighted by atomic mass is 9.96. The largest absolute Gasteiger partial charge is 0.463 e. The molecular formula is C14H21NO9. The van der Waals surface area contributed by atoms with Gasteiger partial charge in [-0.15, -0.1) is 0 Å². The van der Waals surface area contributed by atoms with Crippen molar-refractivity contribution in [1.82, 2.24) is 5.32 Å². The van der Waals surface area contributed by atoms with Crippen LogP contribution in [0.1, 0.15) is 27.7 Å². The standard InChI is InChI=1S/C14H21NO9/c1-6(16)15-11-13(23-9(4)19)12(22-8(3)18)10(24-14(11)20)5-21-7(2)17/h10-14,20H,5H2,1-4H3,(H,15,16)/t10-,11-,12?,13?,14?/m1/s1. The van der Waals surface area contributed by atoms with Gasteiger partial charge >= 0.3 is 17.9 Å². The van der Waals surface area contributed by atoms with E-state index in [0.717, 1.165) is 13.8 Å². The second kappa shape index (κ2) is 8.60. The fourth-order valence-corrected chi connectivity index (χ4v) is 2.31. The first-order valence-corrected chi connectivity index (χ1v) is 7.20. The fourth-order valence-electron chi connectivity index (χ4n) is 2.31. The van der Waals surface area contributed by atoms with E-state index in [1.165, 1.54) is 13.8 Å². The lowest BCUT2D eigenvalue weighted by molar-refractivity contribution is -0.264. The molecule has 1 aliphatic rings. The third-order valence-electron chi connectivity index (χ3n) is 3.09. The summed E-state index contributed by atoms with van der Waals surface area (Å²) in [6, 6.07) is -1.16. The van der Waals surface area contributed by atoms with Crippen LogP contribution in [0.25, 0.3) is 0 Å². The minimum atomic E-state index is -1.56. The lowest BCUT2D eigenvalue weighted by Crippen LogP contribution is -2.66. The molecular weight excluding hydrogens is 326 g/mol.